The van der Waals surface area contributed by atoms with Crippen molar-refractivity contribution >= 4 is 63.4 Å². The lowest BCUT2D eigenvalue weighted by Crippen LogP contribution is -2.58. The van der Waals surface area contributed by atoms with Crippen LogP contribution in [0, 0.1) is 17.7 Å². The maximum Gasteiger partial charge on any atom is 0.238 e. The standard InChI is InChI=1S/C61H73FN10O5/c1-38(2)71-37-63-52-36-51(65-56(55(52)71)64-50-10-6-5-9-49(50)62)42-17-21-48-53(33-42)72(46-34-45(35-46)68-27-7-4-8-28-68)60(77)61(48)25-31-70(32-26-61)59(76)41-13-11-40(12-14-41)58(75)69-29-23-44(24-30-69)67(3)43-18-15-39(16-19-43)47-20-22-54(73)66-57(47)74/h5-6,9-10,15-19,21,33,36-38,40-41,44-47H,4,7-8,11-14,20,22-32,34-35H2,1-3H3,(H,64,65)(H,66,73,74)/t40?,41?,45?,46?,47-/m1/s1. The average Bonchev–Trinajstić information content (AvgIpc) is 4.20. The van der Waals surface area contributed by atoms with Gasteiger partial charge in [-0.1, -0.05) is 42.8 Å². The molecular formula is C61H73FN10O5. The van der Waals surface area contributed by atoms with Crippen molar-refractivity contribution in [1.29, 1.82) is 0 Å². The molecule has 15 nitrogen and oxygen atoms in total. The van der Waals surface area contributed by atoms with Gasteiger partial charge in [0.15, 0.2) is 5.82 Å². The first kappa shape index (κ1) is 51.1. The van der Waals surface area contributed by atoms with Crippen molar-refractivity contribution in [2.75, 3.05) is 61.4 Å². The number of para-hydroxylation sites is 1. The van der Waals surface area contributed by atoms with Crippen LogP contribution in [0.4, 0.5) is 27.3 Å². The summed E-state index contributed by atoms with van der Waals surface area (Å²) in [5, 5.41) is 5.75. The van der Waals surface area contributed by atoms with Gasteiger partial charge in [-0.25, -0.2) is 14.4 Å². The van der Waals surface area contributed by atoms with Crippen molar-refractivity contribution in [2.24, 2.45) is 11.8 Å². The summed E-state index contributed by atoms with van der Waals surface area (Å²) in [6, 6.07) is 23.9. The number of anilines is 4. The number of imide groups is 1. The largest absolute Gasteiger partial charge is 0.371 e. The molecule has 0 radical (unpaired) electrons. The molecule has 404 valence electrons. The molecular weight excluding hydrogens is 972 g/mol. The number of benzene rings is 3. The number of aromatic nitrogens is 3. The molecule has 0 unspecified atom stereocenters. The van der Waals surface area contributed by atoms with Crippen LogP contribution < -0.4 is 20.4 Å². The lowest BCUT2D eigenvalue weighted by molar-refractivity contribution is -0.143. The van der Waals surface area contributed by atoms with Crippen LogP contribution in [-0.2, 0) is 29.4 Å². The highest BCUT2D eigenvalue weighted by Crippen LogP contribution is 2.53. The van der Waals surface area contributed by atoms with E-state index in [2.05, 4.69) is 64.4 Å². The van der Waals surface area contributed by atoms with Crippen molar-refractivity contribution in [2.45, 2.75) is 146 Å². The van der Waals surface area contributed by atoms with E-state index in [1.54, 1.807) is 18.2 Å². The van der Waals surface area contributed by atoms with Crippen molar-refractivity contribution in [3.8, 4) is 11.3 Å². The lowest BCUT2D eigenvalue weighted by atomic mass is 9.72. The highest BCUT2D eigenvalue weighted by atomic mass is 19.1. The second kappa shape index (κ2) is 20.9. The van der Waals surface area contributed by atoms with E-state index in [1.165, 1.54) is 25.3 Å². The van der Waals surface area contributed by atoms with E-state index in [-0.39, 0.29) is 71.2 Å². The summed E-state index contributed by atoms with van der Waals surface area (Å²) in [5.41, 5.74) is 6.60. The molecule has 1 atom stereocenters. The van der Waals surface area contributed by atoms with Gasteiger partial charge in [0.25, 0.3) is 0 Å². The van der Waals surface area contributed by atoms with Gasteiger partial charge in [0.2, 0.25) is 29.5 Å². The predicted octanol–water partition coefficient (Wildman–Crippen LogP) is 9.24. The Bertz CT molecular complexity index is 3070. The number of nitrogens with one attached hydrogen (secondary N) is 2. The van der Waals surface area contributed by atoms with Crippen LogP contribution in [0.2, 0.25) is 0 Å². The molecule has 7 heterocycles. The van der Waals surface area contributed by atoms with Crippen molar-refractivity contribution in [3.63, 3.8) is 0 Å². The monoisotopic (exact) mass is 1040 g/mol. The highest BCUT2D eigenvalue weighted by molar-refractivity contribution is 6.09. The first-order chi connectivity index (χ1) is 37.3. The zero-order chi connectivity index (χ0) is 53.1. The fourth-order valence-corrected chi connectivity index (χ4v) is 14.2. The number of amides is 5. The van der Waals surface area contributed by atoms with Gasteiger partial charge in [-0.3, -0.25) is 29.3 Å². The Morgan fingerprint density at radius 1 is 0.779 bits per heavy atom. The highest BCUT2D eigenvalue weighted by Gasteiger charge is 2.56. The number of likely N-dealkylation sites (tertiary alicyclic amines) is 3. The fourth-order valence-electron chi connectivity index (χ4n) is 14.2. The summed E-state index contributed by atoms with van der Waals surface area (Å²) in [6.45, 7) is 8.82. The lowest BCUT2D eigenvalue weighted by Gasteiger charge is -2.48. The van der Waals surface area contributed by atoms with Gasteiger partial charge in [-0.2, -0.15) is 0 Å². The molecule has 3 aromatic carbocycles. The zero-order valence-electron chi connectivity index (χ0n) is 44.9. The molecule has 77 heavy (non-hydrogen) atoms. The van der Waals surface area contributed by atoms with Crippen LogP contribution >= 0.6 is 0 Å². The number of carbonyl (C=O) groups is 5. The molecule has 2 aromatic heterocycles. The number of imidazole rings is 1. The number of hydrogen-bond acceptors (Lipinski definition) is 10. The second-order valence-electron chi connectivity index (χ2n) is 23.6. The first-order valence-corrected chi connectivity index (χ1v) is 28.7. The van der Waals surface area contributed by atoms with Gasteiger partial charge in [0, 0.05) is 92.6 Å². The van der Waals surface area contributed by atoms with E-state index >= 15 is 9.18 Å². The van der Waals surface area contributed by atoms with Crippen LogP contribution in [0.1, 0.15) is 133 Å². The molecule has 16 heteroatoms. The quantitative estimate of drug-likeness (QED) is 0.122. The molecule has 2 saturated carbocycles. The maximum atomic E-state index is 15.3. The van der Waals surface area contributed by atoms with Gasteiger partial charge in [-0.05, 0) is 158 Å². The first-order valence-electron chi connectivity index (χ1n) is 28.7. The van der Waals surface area contributed by atoms with Crippen LogP contribution in [-0.4, -0.2) is 123 Å². The van der Waals surface area contributed by atoms with Crippen LogP contribution in [0.3, 0.4) is 0 Å². The Morgan fingerprint density at radius 2 is 1.45 bits per heavy atom. The van der Waals surface area contributed by atoms with Gasteiger partial charge >= 0.3 is 0 Å². The van der Waals surface area contributed by atoms with Gasteiger partial charge < -0.3 is 34.4 Å². The number of pyridine rings is 1. The Balaban J connectivity index is 0.701. The number of piperidine rings is 4. The minimum atomic E-state index is -0.736. The number of rotatable bonds is 11. The summed E-state index contributed by atoms with van der Waals surface area (Å²) < 4.78 is 17.2. The van der Waals surface area contributed by atoms with Gasteiger partial charge in [-0.15, -0.1) is 0 Å². The third-order valence-corrected chi connectivity index (χ3v) is 18.9. The molecule has 4 saturated heterocycles. The molecule has 0 bridgehead atoms. The second-order valence-corrected chi connectivity index (χ2v) is 23.6. The number of fused-ring (bicyclic) bond motifs is 3. The molecule has 6 fully saturated rings. The van der Waals surface area contributed by atoms with E-state index in [0.29, 0.717) is 101 Å². The molecule has 5 aliphatic heterocycles. The Hall–Kier alpha value is -6.68. The van der Waals surface area contributed by atoms with Gasteiger partial charge in [0.1, 0.15) is 11.3 Å². The summed E-state index contributed by atoms with van der Waals surface area (Å²) in [7, 11) is 2.09. The Kier molecular flexibility index (Phi) is 13.9. The van der Waals surface area contributed by atoms with E-state index in [4.69, 9.17) is 9.97 Å². The maximum absolute atomic E-state index is 15.3. The number of carbonyl (C=O) groups excluding carboxylic acids is 5. The minimum Gasteiger partial charge on any atom is -0.371 e. The SMILES string of the molecule is CC(C)n1cnc2cc(-c3ccc4c(c3)N(C3CC(N5CCCCC5)C3)C(=O)C43CCN(C(=O)C4CCC(C(=O)N5CCC(N(C)c6ccc([C@H]7CCC(=O)NC7=O)cc6)CC5)CC4)CC3)nc(Nc3ccccc3F)c21. The summed E-state index contributed by atoms with van der Waals surface area (Å²) >= 11 is 0. The number of halogens is 1. The topological polar surface area (TPSA) is 156 Å². The van der Waals surface area contributed by atoms with Crippen molar-refractivity contribution in [3.05, 3.63) is 96.1 Å². The summed E-state index contributed by atoms with van der Waals surface area (Å²) in [4.78, 5) is 88.7. The predicted molar refractivity (Wildman–Crippen MR) is 295 cm³/mol. The average molecular weight is 1050 g/mol. The third kappa shape index (κ3) is 9.56. The van der Waals surface area contributed by atoms with Crippen molar-refractivity contribution < 1.29 is 28.4 Å². The molecule has 2 N–H and O–H groups in total. The van der Waals surface area contributed by atoms with Crippen LogP contribution in [0.25, 0.3) is 22.3 Å². The summed E-state index contributed by atoms with van der Waals surface area (Å²) in [6.07, 6.45) is 13.9. The summed E-state index contributed by atoms with van der Waals surface area (Å²) in [5.74, 6) is -0.308. The smallest absolute Gasteiger partial charge is 0.238 e. The van der Waals surface area contributed by atoms with Crippen LogP contribution in [0.15, 0.2) is 79.1 Å². The third-order valence-electron chi connectivity index (χ3n) is 18.9. The molecule has 7 aliphatic rings. The molecule has 5 aromatic rings. The molecule has 5 amide bonds. The number of nitrogens with zero attached hydrogens (tertiary/aromatic N) is 8. The van der Waals surface area contributed by atoms with Gasteiger partial charge in [0.05, 0.1) is 34.6 Å². The van der Waals surface area contributed by atoms with Crippen molar-refractivity contribution in [1.82, 2.24) is 34.6 Å². The normalized spacial score (nSPS) is 25.0. The minimum absolute atomic E-state index is 0.0774. The molecule has 1 spiro atoms. The van der Waals surface area contributed by atoms with E-state index in [1.807, 2.05) is 51.0 Å². The fraction of sp³-hybridized carbons (Fsp3) is 0.525. The van der Waals surface area contributed by atoms with Crippen LogP contribution in [0.5, 0.6) is 0 Å². The zero-order valence-corrected chi connectivity index (χ0v) is 44.9. The van der Waals surface area contributed by atoms with E-state index in [9.17, 15) is 19.2 Å². The molecule has 12 rings (SSSR count). The Morgan fingerprint density at radius 3 is 2.12 bits per heavy atom. The number of hydrogen-bond donors (Lipinski definition) is 2. The van der Waals surface area contributed by atoms with E-state index in [0.717, 1.165) is 77.9 Å². The Labute approximate surface area is 450 Å². The van der Waals surface area contributed by atoms with E-state index < -0.39 is 5.41 Å². The molecule has 2 aliphatic carbocycles.